The van der Waals surface area contributed by atoms with Gasteiger partial charge in [0.1, 0.15) is 10.6 Å². The van der Waals surface area contributed by atoms with E-state index >= 15 is 0 Å². The van der Waals surface area contributed by atoms with Crippen molar-refractivity contribution in [2.45, 2.75) is 18.9 Å². The Balaban J connectivity index is 2.89. The predicted octanol–water partition coefficient (Wildman–Crippen LogP) is 1.17. The lowest BCUT2D eigenvalue weighted by Crippen LogP contribution is -2.12. The molecule has 0 saturated carbocycles. The summed E-state index contributed by atoms with van der Waals surface area (Å²) in [7, 11) is 0. The quantitative estimate of drug-likeness (QED) is 0.794. The molecule has 1 amide bonds. The highest BCUT2D eigenvalue weighted by Crippen LogP contribution is 2.23. The Bertz CT molecular complexity index is 576. The van der Waals surface area contributed by atoms with Crippen LogP contribution in [-0.2, 0) is 0 Å². The average molecular weight is 236 g/mol. The molecule has 0 aliphatic rings. The van der Waals surface area contributed by atoms with Crippen LogP contribution >= 0.6 is 11.8 Å². The highest BCUT2D eigenvalue weighted by Gasteiger charge is 2.19. The number of thioether (sulfide) groups is 1. The Morgan fingerprint density at radius 2 is 2.19 bits per heavy atom. The van der Waals surface area contributed by atoms with E-state index in [1.54, 1.807) is 4.52 Å². The minimum absolute atomic E-state index is 0.402. The number of hydrogen-bond acceptors (Lipinski definition) is 4. The maximum absolute atomic E-state index is 11.4. The van der Waals surface area contributed by atoms with E-state index < -0.39 is 5.91 Å². The van der Waals surface area contributed by atoms with Gasteiger partial charge in [-0.15, -0.1) is 11.8 Å². The monoisotopic (exact) mass is 236 g/mol. The second kappa shape index (κ2) is 3.79. The fraction of sp³-hybridized carbons (Fsp3) is 0.300. The van der Waals surface area contributed by atoms with Crippen molar-refractivity contribution >= 4 is 23.3 Å². The van der Waals surface area contributed by atoms with Gasteiger partial charge < -0.3 is 5.73 Å². The van der Waals surface area contributed by atoms with Gasteiger partial charge in [-0.2, -0.15) is 5.10 Å². The smallest absolute Gasteiger partial charge is 0.255 e. The number of aromatic nitrogens is 3. The zero-order valence-electron chi connectivity index (χ0n) is 9.31. The fourth-order valence-corrected chi connectivity index (χ4v) is 2.22. The van der Waals surface area contributed by atoms with Gasteiger partial charge >= 0.3 is 0 Å². The van der Waals surface area contributed by atoms with Crippen molar-refractivity contribution in [3.05, 3.63) is 23.0 Å². The van der Waals surface area contributed by atoms with Crippen molar-refractivity contribution in [1.82, 2.24) is 14.6 Å². The molecule has 2 N–H and O–H groups in total. The van der Waals surface area contributed by atoms with Gasteiger partial charge in [-0.05, 0) is 26.2 Å². The molecule has 0 atom stereocenters. The van der Waals surface area contributed by atoms with Crippen LogP contribution in [0.2, 0.25) is 0 Å². The van der Waals surface area contributed by atoms with Crippen LogP contribution in [0.5, 0.6) is 0 Å². The molecule has 5 nitrogen and oxygen atoms in total. The third-order valence-corrected chi connectivity index (χ3v) is 2.98. The number of carbonyl (C=O) groups is 1. The molecule has 16 heavy (non-hydrogen) atoms. The van der Waals surface area contributed by atoms with Crippen LogP contribution in [0, 0.1) is 13.8 Å². The minimum Gasteiger partial charge on any atom is -0.365 e. The van der Waals surface area contributed by atoms with Gasteiger partial charge in [0, 0.05) is 11.4 Å². The lowest BCUT2D eigenvalue weighted by molar-refractivity contribution is 0.0999. The lowest BCUT2D eigenvalue weighted by atomic mass is 10.3. The normalized spacial score (nSPS) is 10.9. The van der Waals surface area contributed by atoms with E-state index in [0.717, 1.165) is 11.4 Å². The molecule has 2 rings (SSSR count). The Labute approximate surface area is 97.0 Å². The van der Waals surface area contributed by atoms with Crippen LogP contribution in [0.15, 0.2) is 11.1 Å². The SMILES string of the molecule is CSc1nn2c(C)cc(C)nc2c1C(N)=O. The van der Waals surface area contributed by atoms with Gasteiger partial charge in [0.25, 0.3) is 5.91 Å². The molecule has 0 unspecified atom stereocenters. The Hall–Kier alpha value is -1.56. The molecular weight excluding hydrogens is 224 g/mol. The highest BCUT2D eigenvalue weighted by molar-refractivity contribution is 7.98. The van der Waals surface area contributed by atoms with Gasteiger partial charge in [-0.25, -0.2) is 9.50 Å². The largest absolute Gasteiger partial charge is 0.365 e. The summed E-state index contributed by atoms with van der Waals surface area (Å²) in [6, 6.07) is 1.91. The lowest BCUT2D eigenvalue weighted by Gasteiger charge is -2.00. The van der Waals surface area contributed by atoms with Gasteiger partial charge in [0.15, 0.2) is 5.65 Å². The van der Waals surface area contributed by atoms with E-state index in [4.69, 9.17) is 5.73 Å². The molecule has 84 valence electrons. The summed E-state index contributed by atoms with van der Waals surface area (Å²) in [5.41, 5.74) is 8.08. The molecule has 0 fully saturated rings. The second-order valence-electron chi connectivity index (χ2n) is 3.52. The van der Waals surface area contributed by atoms with Crippen LogP contribution in [0.3, 0.4) is 0 Å². The number of hydrogen-bond donors (Lipinski definition) is 1. The molecule has 2 aromatic rings. The first-order valence-corrected chi connectivity index (χ1v) is 5.98. The second-order valence-corrected chi connectivity index (χ2v) is 4.32. The van der Waals surface area contributed by atoms with Crippen molar-refractivity contribution in [3.63, 3.8) is 0 Å². The van der Waals surface area contributed by atoms with Crippen LogP contribution in [0.4, 0.5) is 0 Å². The van der Waals surface area contributed by atoms with E-state index in [-0.39, 0.29) is 0 Å². The van der Waals surface area contributed by atoms with Crippen molar-refractivity contribution in [1.29, 1.82) is 0 Å². The summed E-state index contributed by atoms with van der Waals surface area (Å²) >= 11 is 1.39. The molecule has 0 saturated heterocycles. The average Bonchev–Trinajstić information content (AvgIpc) is 2.56. The molecule has 0 aliphatic heterocycles. The van der Waals surface area contributed by atoms with Crippen molar-refractivity contribution in [2.24, 2.45) is 5.73 Å². The molecule has 0 bridgehead atoms. The number of amides is 1. The molecule has 0 radical (unpaired) electrons. The van der Waals surface area contributed by atoms with Crippen LogP contribution < -0.4 is 5.73 Å². The Kier molecular flexibility index (Phi) is 2.59. The number of fused-ring (bicyclic) bond motifs is 1. The van der Waals surface area contributed by atoms with Crippen molar-refractivity contribution in [2.75, 3.05) is 6.26 Å². The zero-order valence-corrected chi connectivity index (χ0v) is 10.1. The minimum atomic E-state index is -0.489. The Morgan fingerprint density at radius 1 is 1.50 bits per heavy atom. The molecule has 0 aromatic carbocycles. The van der Waals surface area contributed by atoms with E-state index in [0.29, 0.717) is 16.2 Å². The summed E-state index contributed by atoms with van der Waals surface area (Å²) < 4.78 is 1.65. The molecule has 0 aliphatic carbocycles. The zero-order chi connectivity index (χ0) is 11.9. The maximum atomic E-state index is 11.4. The third kappa shape index (κ3) is 1.55. The summed E-state index contributed by atoms with van der Waals surface area (Å²) in [6.07, 6.45) is 1.86. The Morgan fingerprint density at radius 3 is 2.75 bits per heavy atom. The first-order chi connectivity index (χ1) is 7.54. The van der Waals surface area contributed by atoms with Crippen molar-refractivity contribution < 1.29 is 4.79 Å². The van der Waals surface area contributed by atoms with Crippen LogP contribution in [0.1, 0.15) is 21.7 Å². The molecular formula is C10H12N4OS. The number of carbonyl (C=O) groups excluding carboxylic acids is 1. The summed E-state index contributed by atoms with van der Waals surface area (Å²) in [6.45, 7) is 3.80. The molecule has 2 aromatic heterocycles. The first-order valence-electron chi connectivity index (χ1n) is 4.75. The molecule has 6 heteroatoms. The summed E-state index contributed by atoms with van der Waals surface area (Å²) in [4.78, 5) is 15.7. The van der Waals surface area contributed by atoms with Crippen LogP contribution in [-0.4, -0.2) is 26.8 Å². The highest BCUT2D eigenvalue weighted by atomic mass is 32.2. The van der Waals surface area contributed by atoms with Gasteiger partial charge in [-0.1, -0.05) is 0 Å². The number of nitrogens with two attached hydrogens (primary N) is 1. The number of aryl methyl sites for hydroxylation is 2. The van der Waals surface area contributed by atoms with E-state index in [2.05, 4.69) is 10.1 Å². The van der Waals surface area contributed by atoms with Gasteiger partial charge in [0.2, 0.25) is 0 Å². The van der Waals surface area contributed by atoms with Crippen molar-refractivity contribution in [3.8, 4) is 0 Å². The number of primary amides is 1. The standard InChI is InChI=1S/C10H12N4OS/c1-5-4-6(2)14-9(12-5)7(8(11)15)10(13-14)16-3/h4H,1-3H3,(H2,11,15). The molecule has 2 heterocycles. The van der Waals surface area contributed by atoms with Gasteiger partial charge in [0.05, 0.1) is 0 Å². The molecule has 0 spiro atoms. The number of rotatable bonds is 2. The predicted molar refractivity (Wildman–Crippen MR) is 62.8 cm³/mol. The number of nitrogens with zero attached hydrogens (tertiary/aromatic N) is 3. The third-order valence-electron chi connectivity index (χ3n) is 2.30. The summed E-state index contributed by atoms with van der Waals surface area (Å²) in [5.74, 6) is -0.489. The summed E-state index contributed by atoms with van der Waals surface area (Å²) in [5, 5.41) is 4.93. The van der Waals surface area contributed by atoms with Gasteiger partial charge in [-0.3, -0.25) is 4.79 Å². The first kappa shape index (κ1) is 10.9. The van der Waals surface area contributed by atoms with E-state index in [1.165, 1.54) is 11.8 Å². The van der Waals surface area contributed by atoms with E-state index in [9.17, 15) is 4.79 Å². The van der Waals surface area contributed by atoms with E-state index in [1.807, 2.05) is 26.2 Å². The topological polar surface area (TPSA) is 73.3 Å². The fourth-order valence-electron chi connectivity index (χ4n) is 1.66. The maximum Gasteiger partial charge on any atom is 0.255 e. The van der Waals surface area contributed by atoms with Crippen LogP contribution in [0.25, 0.3) is 5.65 Å².